The van der Waals surface area contributed by atoms with Gasteiger partial charge in [-0.2, -0.15) is 0 Å². The van der Waals surface area contributed by atoms with Crippen molar-refractivity contribution < 1.29 is 4.79 Å². The summed E-state index contributed by atoms with van der Waals surface area (Å²) in [7, 11) is 0. The molecule has 20 heavy (non-hydrogen) atoms. The first-order chi connectivity index (χ1) is 9.63. The van der Waals surface area contributed by atoms with Crippen LogP contribution in [0.1, 0.15) is 23.9 Å². The SMILES string of the molecule is Cc1ccnc([C@H]2C[C@@H]2C(=O)Nc2cncc(Cl)n2)n1. The molecule has 7 heteroatoms. The number of halogens is 1. The average molecular weight is 290 g/mol. The van der Waals surface area contributed by atoms with Gasteiger partial charge >= 0.3 is 0 Å². The van der Waals surface area contributed by atoms with Gasteiger partial charge in [0.2, 0.25) is 5.91 Å². The number of anilines is 1. The van der Waals surface area contributed by atoms with Crippen molar-refractivity contribution >= 4 is 23.3 Å². The zero-order valence-electron chi connectivity index (χ0n) is 10.7. The van der Waals surface area contributed by atoms with E-state index in [4.69, 9.17) is 11.6 Å². The molecule has 2 aromatic heterocycles. The van der Waals surface area contributed by atoms with Crippen molar-refractivity contribution in [3.8, 4) is 0 Å². The zero-order valence-corrected chi connectivity index (χ0v) is 11.5. The molecule has 0 aliphatic heterocycles. The number of aryl methyl sites for hydroxylation is 1. The van der Waals surface area contributed by atoms with E-state index in [1.165, 1.54) is 12.4 Å². The van der Waals surface area contributed by atoms with Crippen LogP contribution in [0.5, 0.6) is 0 Å². The van der Waals surface area contributed by atoms with Gasteiger partial charge in [-0.3, -0.25) is 9.78 Å². The Kier molecular flexibility index (Phi) is 3.31. The van der Waals surface area contributed by atoms with Gasteiger partial charge in [0.1, 0.15) is 11.0 Å². The lowest BCUT2D eigenvalue weighted by Gasteiger charge is -2.03. The molecule has 102 valence electrons. The van der Waals surface area contributed by atoms with Gasteiger partial charge in [-0.15, -0.1) is 0 Å². The van der Waals surface area contributed by atoms with Gasteiger partial charge in [0, 0.05) is 23.7 Å². The van der Waals surface area contributed by atoms with Gasteiger partial charge < -0.3 is 5.32 Å². The van der Waals surface area contributed by atoms with Crippen molar-refractivity contribution in [2.75, 3.05) is 5.32 Å². The van der Waals surface area contributed by atoms with Crippen LogP contribution in [-0.4, -0.2) is 25.8 Å². The third-order valence-corrected chi connectivity index (χ3v) is 3.31. The van der Waals surface area contributed by atoms with Crippen molar-refractivity contribution in [2.24, 2.45) is 5.92 Å². The molecular weight excluding hydrogens is 278 g/mol. The summed E-state index contributed by atoms with van der Waals surface area (Å²) in [6, 6.07) is 1.84. The fourth-order valence-electron chi connectivity index (χ4n) is 2.04. The van der Waals surface area contributed by atoms with E-state index in [1.54, 1.807) is 6.20 Å². The summed E-state index contributed by atoms with van der Waals surface area (Å²) in [5, 5.41) is 2.95. The molecule has 0 aromatic carbocycles. The molecule has 2 atom stereocenters. The maximum Gasteiger partial charge on any atom is 0.229 e. The van der Waals surface area contributed by atoms with Crippen molar-refractivity contribution in [2.45, 2.75) is 19.3 Å². The molecule has 0 saturated heterocycles. The summed E-state index contributed by atoms with van der Waals surface area (Å²) in [6.07, 6.45) is 5.35. The highest BCUT2D eigenvalue weighted by atomic mass is 35.5. The number of carbonyl (C=O) groups excluding carboxylic acids is 1. The van der Waals surface area contributed by atoms with Crippen molar-refractivity contribution in [1.29, 1.82) is 0 Å². The average Bonchev–Trinajstić information content (AvgIpc) is 3.19. The lowest BCUT2D eigenvalue weighted by Crippen LogP contribution is -2.16. The van der Waals surface area contributed by atoms with E-state index in [0.29, 0.717) is 5.82 Å². The summed E-state index contributed by atoms with van der Waals surface area (Å²) in [6.45, 7) is 1.91. The van der Waals surface area contributed by atoms with E-state index in [-0.39, 0.29) is 22.9 Å². The van der Waals surface area contributed by atoms with Crippen molar-refractivity contribution in [1.82, 2.24) is 19.9 Å². The number of aromatic nitrogens is 4. The Morgan fingerprint density at radius 1 is 1.40 bits per heavy atom. The standard InChI is InChI=1S/C13H12ClN5O/c1-7-2-3-16-12(17-7)8-4-9(8)13(20)19-11-6-15-5-10(14)18-11/h2-3,5-6,8-9H,4H2,1H3,(H,18,19,20)/t8-,9-/m0/s1. The van der Waals surface area contributed by atoms with Gasteiger partial charge in [-0.05, 0) is 19.4 Å². The molecule has 1 aliphatic carbocycles. The smallest absolute Gasteiger partial charge is 0.229 e. The lowest BCUT2D eigenvalue weighted by atomic mass is 10.2. The summed E-state index contributed by atoms with van der Waals surface area (Å²) in [5.41, 5.74) is 0.904. The quantitative estimate of drug-likeness (QED) is 0.934. The van der Waals surface area contributed by atoms with Crippen LogP contribution < -0.4 is 5.32 Å². The first-order valence-electron chi connectivity index (χ1n) is 6.21. The molecule has 1 aliphatic rings. The number of hydrogen-bond donors (Lipinski definition) is 1. The van der Waals surface area contributed by atoms with E-state index in [9.17, 15) is 4.79 Å². The highest BCUT2D eigenvalue weighted by Gasteiger charge is 2.46. The topological polar surface area (TPSA) is 80.7 Å². The van der Waals surface area contributed by atoms with Crippen LogP contribution in [0.4, 0.5) is 5.82 Å². The third kappa shape index (κ3) is 2.75. The van der Waals surface area contributed by atoms with Crippen LogP contribution >= 0.6 is 11.6 Å². The van der Waals surface area contributed by atoms with Gasteiger partial charge in [-0.1, -0.05) is 11.6 Å². The van der Waals surface area contributed by atoms with Crippen LogP contribution in [0.25, 0.3) is 0 Å². The number of carbonyl (C=O) groups is 1. The minimum atomic E-state index is -0.113. The predicted octanol–water partition coefficient (Wildman–Crippen LogP) is 1.97. The molecule has 1 fully saturated rings. The Bertz CT molecular complexity index is 663. The fourth-order valence-corrected chi connectivity index (χ4v) is 2.19. The first kappa shape index (κ1) is 12.9. The molecule has 6 nitrogen and oxygen atoms in total. The van der Waals surface area contributed by atoms with Gasteiger partial charge in [0.05, 0.1) is 12.4 Å². The Labute approximate surface area is 120 Å². The molecule has 1 amide bonds. The van der Waals surface area contributed by atoms with Gasteiger partial charge in [0.15, 0.2) is 5.82 Å². The molecular formula is C13H12ClN5O. The van der Waals surface area contributed by atoms with E-state index < -0.39 is 0 Å². The van der Waals surface area contributed by atoms with Crippen LogP contribution in [-0.2, 0) is 4.79 Å². The highest BCUT2D eigenvalue weighted by molar-refractivity contribution is 6.29. The second kappa shape index (κ2) is 5.13. The molecule has 1 saturated carbocycles. The van der Waals surface area contributed by atoms with Crippen LogP contribution in [0.2, 0.25) is 5.15 Å². The minimum absolute atomic E-state index is 0.0852. The van der Waals surface area contributed by atoms with E-state index >= 15 is 0 Å². The maximum absolute atomic E-state index is 12.1. The van der Waals surface area contributed by atoms with Crippen LogP contribution in [0.15, 0.2) is 24.7 Å². The maximum atomic E-state index is 12.1. The van der Waals surface area contributed by atoms with Gasteiger partial charge in [0.25, 0.3) is 0 Å². The number of rotatable bonds is 3. The van der Waals surface area contributed by atoms with Crippen molar-refractivity contribution in [3.05, 3.63) is 41.3 Å². The number of hydrogen-bond acceptors (Lipinski definition) is 5. The molecule has 2 heterocycles. The first-order valence-corrected chi connectivity index (χ1v) is 6.59. The lowest BCUT2D eigenvalue weighted by molar-refractivity contribution is -0.117. The second-order valence-corrected chi connectivity index (χ2v) is 5.11. The summed E-state index contributed by atoms with van der Waals surface area (Å²) in [4.78, 5) is 28.5. The molecule has 0 radical (unpaired) electrons. The highest BCUT2D eigenvalue weighted by Crippen LogP contribution is 2.46. The summed E-state index contributed by atoms with van der Waals surface area (Å²) < 4.78 is 0. The molecule has 0 unspecified atom stereocenters. The molecule has 0 spiro atoms. The molecule has 1 N–H and O–H groups in total. The Morgan fingerprint density at radius 3 is 3.00 bits per heavy atom. The second-order valence-electron chi connectivity index (χ2n) is 4.72. The number of nitrogens with one attached hydrogen (secondary N) is 1. The number of nitrogens with zero attached hydrogens (tertiary/aromatic N) is 4. The van der Waals surface area contributed by atoms with E-state index in [2.05, 4.69) is 25.3 Å². The van der Waals surface area contributed by atoms with Crippen LogP contribution in [0.3, 0.4) is 0 Å². The fraction of sp³-hybridized carbons (Fsp3) is 0.308. The van der Waals surface area contributed by atoms with E-state index in [0.717, 1.165) is 17.9 Å². The van der Waals surface area contributed by atoms with E-state index in [1.807, 2.05) is 13.0 Å². The zero-order chi connectivity index (χ0) is 14.1. The third-order valence-electron chi connectivity index (χ3n) is 3.13. The van der Waals surface area contributed by atoms with Crippen LogP contribution in [0, 0.1) is 12.8 Å². The summed E-state index contributed by atoms with van der Waals surface area (Å²) in [5.74, 6) is 0.955. The Hall–Kier alpha value is -2.08. The summed E-state index contributed by atoms with van der Waals surface area (Å²) >= 11 is 5.72. The predicted molar refractivity (Wildman–Crippen MR) is 73.3 cm³/mol. The normalized spacial score (nSPS) is 20.5. The molecule has 3 rings (SSSR count). The molecule has 0 bridgehead atoms. The van der Waals surface area contributed by atoms with Crippen molar-refractivity contribution in [3.63, 3.8) is 0 Å². The van der Waals surface area contributed by atoms with Gasteiger partial charge in [-0.25, -0.2) is 15.0 Å². The molecule has 2 aromatic rings. The Balaban J connectivity index is 1.66. The largest absolute Gasteiger partial charge is 0.309 e. The number of amides is 1. The minimum Gasteiger partial charge on any atom is -0.309 e. The Morgan fingerprint density at radius 2 is 2.25 bits per heavy atom. The monoisotopic (exact) mass is 289 g/mol.